The van der Waals surface area contributed by atoms with Gasteiger partial charge < -0.3 is 5.11 Å². The highest BCUT2D eigenvalue weighted by atomic mass is 16.3. The number of aliphatic hydroxyl groups is 1. The van der Waals surface area contributed by atoms with Crippen molar-refractivity contribution in [2.75, 3.05) is 0 Å². The zero-order valence-electron chi connectivity index (χ0n) is 20.0. The first-order chi connectivity index (χ1) is 14.1. The number of hydrogen-bond acceptors (Lipinski definition) is 2. The molecule has 4 aliphatic rings. The zero-order valence-corrected chi connectivity index (χ0v) is 20.0. The maximum atomic E-state index is 12.1. The van der Waals surface area contributed by atoms with Crippen molar-refractivity contribution in [3.8, 4) is 0 Å². The number of ketones is 1. The zero-order chi connectivity index (χ0) is 21.8. The van der Waals surface area contributed by atoms with Gasteiger partial charge in [0.2, 0.25) is 0 Å². The second kappa shape index (κ2) is 7.91. The molecule has 3 saturated carbocycles. The number of aliphatic hydroxyl groups excluding tert-OH is 1. The van der Waals surface area contributed by atoms with Crippen LogP contribution >= 0.6 is 0 Å². The third kappa shape index (κ3) is 3.46. The summed E-state index contributed by atoms with van der Waals surface area (Å²) in [5.41, 5.74) is 2.93. The first-order valence-corrected chi connectivity index (χ1v) is 12.7. The summed E-state index contributed by atoms with van der Waals surface area (Å²) in [6, 6.07) is 0. The van der Waals surface area contributed by atoms with Crippen LogP contribution in [0.1, 0.15) is 92.4 Å². The molecule has 0 bridgehead atoms. The maximum absolute atomic E-state index is 12.1. The lowest BCUT2D eigenvalue weighted by molar-refractivity contribution is -0.119. The molecule has 0 saturated heterocycles. The van der Waals surface area contributed by atoms with Gasteiger partial charge in [-0.15, -0.1) is 0 Å². The van der Waals surface area contributed by atoms with Crippen LogP contribution in [0.15, 0.2) is 23.8 Å². The molecule has 8 atom stereocenters. The van der Waals surface area contributed by atoms with Gasteiger partial charge in [-0.3, -0.25) is 4.79 Å². The minimum absolute atomic E-state index is 0.0380. The molecule has 0 radical (unpaired) electrons. The standard InChI is InChI=1S/C28H44O2/c1-17(2)18(3)7-8-19(4)22-9-10-23-21-16-26(30)25-15-20(29)11-13-28(25,6)24(21)12-14-27(22,23)5/h15,17,19,21-24,26,30H,3,7-14,16H2,1-2,4-6H3. The van der Waals surface area contributed by atoms with Gasteiger partial charge in [0, 0.05) is 6.42 Å². The highest BCUT2D eigenvalue weighted by Crippen LogP contribution is 2.67. The minimum Gasteiger partial charge on any atom is -0.389 e. The quantitative estimate of drug-likeness (QED) is 0.508. The predicted molar refractivity (Wildman–Crippen MR) is 124 cm³/mol. The molecule has 0 aliphatic heterocycles. The van der Waals surface area contributed by atoms with Gasteiger partial charge in [-0.05, 0) is 109 Å². The van der Waals surface area contributed by atoms with Crippen molar-refractivity contribution in [3.05, 3.63) is 23.8 Å². The summed E-state index contributed by atoms with van der Waals surface area (Å²) >= 11 is 0. The summed E-state index contributed by atoms with van der Waals surface area (Å²) < 4.78 is 0. The Bertz CT molecular complexity index is 733. The second-order valence-electron chi connectivity index (χ2n) is 12.2. The lowest BCUT2D eigenvalue weighted by atomic mass is 9.46. The molecule has 1 N–H and O–H groups in total. The van der Waals surface area contributed by atoms with Crippen LogP contribution in [0.3, 0.4) is 0 Å². The number of carbonyl (C=O) groups is 1. The Kier molecular flexibility index (Phi) is 5.88. The summed E-state index contributed by atoms with van der Waals surface area (Å²) in [6.45, 7) is 16.3. The number of fused-ring (bicyclic) bond motifs is 5. The summed E-state index contributed by atoms with van der Waals surface area (Å²) in [7, 11) is 0. The summed E-state index contributed by atoms with van der Waals surface area (Å²) in [5.74, 6) is 4.37. The van der Waals surface area contributed by atoms with Crippen molar-refractivity contribution >= 4 is 5.78 Å². The van der Waals surface area contributed by atoms with E-state index in [2.05, 4.69) is 41.2 Å². The Balaban J connectivity index is 1.53. The molecule has 0 aromatic heterocycles. The monoisotopic (exact) mass is 412 g/mol. The van der Waals surface area contributed by atoms with Crippen LogP contribution in [0, 0.1) is 46.3 Å². The topological polar surface area (TPSA) is 37.3 Å². The molecule has 4 aliphatic carbocycles. The van der Waals surface area contributed by atoms with Crippen molar-refractivity contribution < 1.29 is 9.90 Å². The average molecular weight is 413 g/mol. The third-order valence-electron chi connectivity index (χ3n) is 10.5. The number of carbonyl (C=O) groups excluding carboxylic acids is 1. The van der Waals surface area contributed by atoms with Crippen LogP contribution in [0.5, 0.6) is 0 Å². The fourth-order valence-electron chi connectivity index (χ4n) is 8.48. The molecule has 0 aromatic carbocycles. The van der Waals surface area contributed by atoms with Gasteiger partial charge in [-0.25, -0.2) is 0 Å². The van der Waals surface area contributed by atoms with Gasteiger partial charge in [0.25, 0.3) is 0 Å². The van der Waals surface area contributed by atoms with Crippen molar-refractivity contribution in [2.45, 2.75) is 98.5 Å². The fraction of sp³-hybridized carbons (Fsp3) is 0.821. The van der Waals surface area contributed by atoms with E-state index >= 15 is 0 Å². The largest absolute Gasteiger partial charge is 0.389 e. The Morgan fingerprint density at radius 2 is 1.90 bits per heavy atom. The molecule has 0 spiro atoms. The predicted octanol–water partition coefficient (Wildman–Crippen LogP) is 6.73. The van der Waals surface area contributed by atoms with Crippen LogP contribution in [0.4, 0.5) is 0 Å². The van der Waals surface area contributed by atoms with E-state index in [4.69, 9.17) is 0 Å². The van der Waals surface area contributed by atoms with Crippen molar-refractivity contribution in [1.29, 1.82) is 0 Å². The molecule has 2 nitrogen and oxygen atoms in total. The van der Waals surface area contributed by atoms with E-state index in [0.29, 0.717) is 29.6 Å². The van der Waals surface area contributed by atoms with Crippen molar-refractivity contribution in [3.63, 3.8) is 0 Å². The van der Waals surface area contributed by atoms with Crippen LogP contribution < -0.4 is 0 Å². The Morgan fingerprint density at radius 3 is 2.60 bits per heavy atom. The highest BCUT2D eigenvalue weighted by molar-refractivity contribution is 5.91. The molecule has 8 unspecified atom stereocenters. The molecule has 3 fully saturated rings. The molecule has 2 heteroatoms. The first-order valence-electron chi connectivity index (χ1n) is 12.7. The lowest BCUT2D eigenvalue weighted by Crippen LogP contribution is -2.54. The van der Waals surface area contributed by atoms with E-state index < -0.39 is 6.10 Å². The van der Waals surface area contributed by atoms with E-state index in [0.717, 1.165) is 36.2 Å². The summed E-state index contributed by atoms with van der Waals surface area (Å²) in [4.78, 5) is 12.1. The van der Waals surface area contributed by atoms with Gasteiger partial charge in [0.1, 0.15) is 0 Å². The molecule has 30 heavy (non-hydrogen) atoms. The molecular formula is C28H44O2. The van der Waals surface area contributed by atoms with Crippen molar-refractivity contribution in [2.24, 2.45) is 46.3 Å². The van der Waals surface area contributed by atoms with E-state index in [9.17, 15) is 9.90 Å². The Labute approximate surface area is 184 Å². The van der Waals surface area contributed by atoms with E-state index in [-0.39, 0.29) is 11.2 Å². The normalized spacial score (nSPS) is 44.2. The van der Waals surface area contributed by atoms with E-state index in [1.165, 1.54) is 44.1 Å². The van der Waals surface area contributed by atoms with Crippen molar-refractivity contribution in [1.82, 2.24) is 0 Å². The average Bonchev–Trinajstić information content (AvgIpc) is 3.04. The molecule has 0 heterocycles. The SMILES string of the molecule is C=C(CCC(C)C1CCC2C3CC(O)C4=CC(=O)CCC4(C)C3CCC12C)C(C)C. The van der Waals surface area contributed by atoms with Crippen LogP contribution in [-0.4, -0.2) is 17.0 Å². The van der Waals surface area contributed by atoms with E-state index in [1.807, 2.05) is 6.08 Å². The maximum Gasteiger partial charge on any atom is 0.155 e. The number of rotatable bonds is 5. The summed E-state index contributed by atoms with van der Waals surface area (Å²) in [5, 5.41) is 11.1. The fourth-order valence-corrected chi connectivity index (χ4v) is 8.48. The molecule has 0 aromatic rings. The second-order valence-corrected chi connectivity index (χ2v) is 12.2. The van der Waals surface area contributed by atoms with Crippen LogP contribution in [0.25, 0.3) is 0 Å². The molecule has 0 amide bonds. The number of allylic oxidation sites excluding steroid dienone is 1. The van der Waals surface area contributed by atoms with Gasteiger partial charge in [0.15, 0.2) is 5.78 Å². The first kappa shape index (κ1) is 22.3. The van der Waals surface area contributed by atoms with Gasteiger partial charge in [0.05, 0.1) is 6.10 Å². The smallest absolute Gasteiger partial charge is 0.155 e. The van der Waals surface area contributed by atoms with Gasteiger partial charge in [-0.2, -0.15) is 0 Å². The van der Waals surface area contributed by atoms with E-state index in [1.54, 1.807) is 0 Å². The molecular weight excluding hydrogens is 368 g/mol. The molecule has 168 valence electrons. The Morgan fingerprint density at radius 1 is 1.17 bits per heavy atom. The van der Waals surface area contributed by atoms with Gasteiger partial charge >= 0.3 is 0 Å². The van der Waals surface area contributed by atoms with Crippen LogP contribution in [0.2, 0.25) is 0 Å². The third-order valence-corrected chi connectivity index (χ3v) is 10.5. The molecule has 4 rings (SSSR count). The minimum atomic E-state index is -0.409. The highest BCUT2D eigenvalue weighted by Gasteiger charge is 2.60. The van der Waals surface area contributed by atoms with Crippen LogP contribution in [-0.2, 0) is 4.79 Å². The lowest BCUT2D eigenvalue weighted by Gasteiger charge is -2.59. The Hall–Kier alpha value is -0.890. The van der Waals surface area contributed by atoms with Gasteiger partial charge in [-0.1, -0.05) is 46.8 Å². The summed E-state index contributed by atoms with van der Waals surface area (Å²) in [6.07, 6.45) is 11.6. The number of hydrogen-bond donors (Lipinski definition) is 1.